The third-order valence-corrected chi connectivity index (χ3v) is 5.77. The summed E-state index contributed by atoms with van der Waals surface area (Å²) in [6.45, 7) is 4.03. The zero-order chi connectivity index (χ0) is 21.1. The number of carbonyl (C=O) groups is 1. The maximum Gasteiger partial charge on any atom is 0.237 e. The van der Waals surface area contributed by atoms with Crippen molar-refractivity contribution in [2.75, 3.05) is 4.90 Å². The fraction of sp³-hybridized carbons (Fsp3) is 0.120. The third kappa shape index (κ3) is 4.31. The molecular formula is C25H21FN2OS. The molecule has 0 fully saturated rings. The molecule has 4 aromatic rings. The zero-order valence-corrected chi connectivity index (χ0v) is 17.6. The van der Waals surface area contributed by atoms with Crippen LogP contribution in [0.4, 0.5) is 15.2 Å². The van der Waals surface area contributed by atoms with Crippen LogP contribution in [0.15, 0.2) is 78.9 Å². The summed E-state index contributed by atoms with van der Waals surface area (Å²) in [5, 5.41) is 0.537. The second-order valence-electron chi connectivity index (χ2n) is 7.14. The Bertz CT molecular complexity index is 1170. The number of anilines is 2. The van der Waals surface area contributed by atoms with E-state index in [4.69, 9.17) is 4.98 Å². The van der Waals surface area contributed by atoms with E-state index in [-0.39, 0.29) is 12.3 Å². The standard InChI is InChI=1S/C25H21FN2OS/c1-17-11-13-20(14-12-17)24-18(2)30-25(27-24)28(22-10-6-9-21(26)16-22)23(29)15-19-7-4-3-5-8-19/h3-14,16H,15H2,1-2H3. The van der Waals surface area contributed by atoms with Gasteiger partial charge in [0.25, 0.3) is 0 Å². The van der Waals surface area contributed by atoms with Gasteiger partial charge in [-0.25, -0.2) is 9.37 Å². The summed E-state index contributed by atoms with van der Waals surface area (Å²) in [6, 6.07) is 23.7. The van der Waals surface area contributed by atoms with Crippen molar-refractivity contribution >= 4 is 28.1 Å². The number of hydrogen-bond donors (Lipinski definition) is 0. The normalized spacial score (nSPS) is 10.8. The second-order valence-corrected chi connectivity index (χ2v) is 8.32. The van der Waals surface area contributed by atoms with Gasteiger partial charge < -0.3 is 0 Å². The first-order valence-corrected chi connectivity index (χ1v) is 10.5. The van der Waals surface area contributed by atoms with Gasteiger partial charge >= 0.3 is 0 Å². The lowest BCUT2D eigenvalue weighted by Crippen LogP contribution is -2.27. The number of halogens is 1. The molecule has 0 bridgehead atoms. The van der Waals surface area contributed by atoms with Crippen LogP contribution in [0.2, 0.25) is 0 Å². The molecule has 0 N–H and O–H groups in total. The van der Waals surface area contributed by atoms with Crippen LogP contribution < -0.4 is 4.90 Å². The number of nitrogens with zero attached hydrogens (tertiary/aromatic N) is 2. The van der Waals surface area contributed by atoms with Gasteiger partial charge in [0.05, 0.1) is 17.8 Å². The maximum atomic E-state index is 14.0. The summed E-state index contributed by atoms with van der Waals surface area (Å²) in [5.41, 5.74) is 4.38. The van der Waals surface area contributed by atoms with Gasteiger partial charge in [-0.3, -0.25) is 9.69 Å². The first kappa shape index (κ1) is 20.0. The Balaban J connectivity index is 1.75. The van der Waals surface area contributed by atoms with E-state index in [0.29, 0.717) is 10.8 Å². The van der Waals surface area contributed by atoms with Gasteiger partial charge in [0.1, 0.15) is 5.82 Å². The van der Waals surface area contributed by atoms with Gasteiger partial charge in [-0.1, -0.05) is 66.2 Å². The highest BCUT2D eigenvalue weighted by molar-refractivity contribution is 7.16. The number of benzene rings is 3. The maximum absolute atomic E-state index is 14.0. The van der Waals surface area contributed by atoms with Crippen LogP contribution in [0.3, 0.4) is 0 Å². The predicted octanol–water partition coefficient (Wildman–Crippen LogP) is 6.47. The number of aryl methyl sites for hydroxylation is 2. The Labute approximate surface area is 179 Å². The van der Waals surface area contributed by atoms with Crippen LogP contribution in [0.25, 0.3) is 11.3 Å². The summed E-state index contributed by atoms with van der Waals surface area (Å²) in [7, 11) is 0. The molecule has 1 aromatic heterocycles. The molecule has 0 spiro atoms. The minimum atomic E-state index is -0.392. The zero-order valence-electron chi connectivity index (χ0n) is 16.8. The van der Waals surface area contributed by atoms with Crippen molar-refractivity contribution in [3.63, 3.8) is 0 Å². The molecule has 0 aliphatic rings. The van der Waals surface area contributed by atoms with E-state index in [9.17, 15) is 9.18 Å². The van der Waals surface area contributed by atoms with Crippen molar-refractivity contribution in [2.45, 2.75) is 20.3 Å². The molecule has 0 radical (unpaired) electrons. The highest BCUT2D eigenvalue weighted by Crippen LogP contribution is 2.36. The van der Waals surface area contributed by atoms with Crippen molar-refractivity contribution < 1.29 is 9.18 Å². The predicted molar refractivity (Wildman–Crippen MR) is 121 cm³/mol. The highest BCUT2D eigenvalue weighted by Gasteiger charge is 2.23. The lowest BCUT2D eigenvalue weighted by Gasteiger charge is -2.20. The van der Waals surface area contributed by atoms with Gasteiger partial charge in [0.2, 0.25) is 5.91 Å². The van der Waals surface area contributed by atoms with E-state index in [0.717, 1.165) is 21.7 Å². The number of thiazole rings is 1. The van der Waals surface area contributed by atoms with Gasteiger partial charge in [-0.15, -0.1) is 11.3 Å². The Hall–Kier alpha value is -3.31. The molecule has 0 atom stereocenters. The number of carbonyl (C=O) groups excluding carboxylic acids is 1. The number of hydrogen-bond acceptors (Lipinski definition) is 3. The average molecular weight is 417 g/mol. The Kier molecular flexibility index (Phi) is 5.72. The van der Waals surface area contributed by atoms with E-state index >= 15 is 0 Å². The minimum absolute atomic E-state index is 0.156. The quantitative estimate of drug-likeness (QED) is 0.373. The summed E-state index contributed by atoms with van der Waals surface area (Å²) >= 11 is 1.43. The fourth-order valence-corrected chi connectivity index (χ4v) is 4.25. The van der Waals surface area contributed by atoms with Crippen LogP contribution in [0.1, 0.15) is 16.0 Å². The molecule has 0 saturated heterocycles. The second kappa shape index (κ2) is 8.59. The third-order valence-electron chi connectivity index (χ3n) is 4.82. The molecule has 0 saturated carbocycles. The lowest BCUT2D eigenvalue weighted by molar-refractivity contribution is -0.117. The molecule has 3 aromatic carbocycles. The topological polar surface area (TPSA) is 33.2 Å². The Morgan fingerprint density at radius 1 is 0.967 bits per heavy atom. The van der Waals surface area contributed by atoms with E-state index in [1.807, 2.05) is 68.4 Å². The highest BCUT2D eigenvalue weighted by atomic mass is 32.1. The molecule has 0 aliphatic heterocycles. The van der Waals surface area contributed by atoms with E-state index < -0.39 is 5.82 Å². The van der Waals surface area contributed by atoms with Crippen molar-refractivity contribution in [3.05, 3.63) is 101 Å². The minimum Gasteiger partial charge on any atom is -0.274 e. The van der Waals surface area contributed by atoms with Crippen molar-refractivity contribution in [1.29, 1.82) is 0 Å². The molecular weight excluding hydrogens is 395 g/mol. The van der Waals surface area contributed by atoms with Crippen LogP contribution in [-0.2, 0) is 11.2 Å². The SMILES string of the molecule is Cc1ccc(-c2nc(N(C(=O)Cc3ccccc3)c3cccc(F)c3)sc2C)cc1. The Morgan fingerprint density at radius 2 is 1.70 bits per heavy atom. The van der Waals surface area contributed by atoms with E-state index in [2.05, 4.69) is 0 Å². The number of rotatable bonds is 5. The first-order chi connectivity index (χ1) is 14.5. The average Bonchev–Trinajstić information content (AvgIpc) is 3.10. The molecule has 0 aliphatic carbocycles. The summed E-state index contributed by atoms with van der Waals surface area (Å²) in [5.74, 6) is -0.548. The van der Waals surface area contributed by atoms with E-state index in [1.54, 1.807) is 12.1 Å². The molecule has 4 rings (SSSR count). The molecule has 1 amide bonds. The van der Waals surface area contributed by atoms with E-state index in [1.165, 1.54) is 33.9 Å². The van der Waals surface area contributed by atoms with Crippen LogP contribution >= 0.6 is 11.3 Å². The van der Waals surface area contributed by atoms with Crippen molar-refractivity contribution in [2.24, 2.45) is 0 Å². The van der Waals surface area contributed by atoms with Gasteiger partial charge in [-0.05, 0) is 37.6 Å². The fourth-order valence-electron chi connectivity index (χ4n) is 3.28. The van der Waals surface area contributed by atoms with Crippen molar-refractivity contribution in [1.82, 2.24) is 4.98 Å². The molecule has 0 unspecified atom stereocenters. The van der Waals surface area contributed by atoms with Crippen LogP contribution in [0.5, 0.6) is 0 Å². The largest absolute Gasteiger partial charge is 0.274 e. The number of aromatic nitrogens is 1. The monoisotopic (exact) mass is 416 g/mol. The van der Waals surface area contributed by atoms with Gasteiger partial charge in [0.15, 0.2) is 5.13 Å². The summed E-state index contributed by atoms with van der Waals surface area (Å²) in [4.78, 5) is 20.6. The van der Waals surface area contributed by atoms with Crippen LogP contribution in [0, 0.1) is 19.7 Å². The molecule has 1 heterocycles. The molecule has 30 heavy (non-hydrogen) atoms. The van der Waals surface area contributed by atoms with Gasteiger partial charge in [0, 0.05) is 10.4 Å². The van der Waals surface area contributed by atoms with Crippen LogP contribution in [-0.4, -0.2) is 10.9 Å². The van der Waals surface area contributed by atoms with Crippen molar-refractivity contribution in [3.8, 4) is 11.3 Å². The Morgan fingerprint density at radius 3 is 2.40 bits per heavy atom. The summed E-state index contributed by atoms with van der Waals surface area (Å²) < 4.78 is 14.0. The summed E-state index contributed by atoms with van der Waals surface area (Å²) in [6.07, 6.45) is 0.204. The van der Waals surface area contributed by atoms with Gasteiger partial charge in [-0.2, -0.15) is 0 Å². The molecule has 150 valence electrons. The molecule has 5 heteroatoms. The molecule has 3 nitrogen and oxygen atoms in total. The first-order valence-electron chi connectivity index (χ1n) is 9.68. The smallest absolute Gasteiger partial charge is 0.237 e. The lowest BCUT2D eigenvalue weighted by atomic mass is 10.1. The number of amides is 1.